The number of aryl methyl sites for hydroxylation is 1. The number of hydrogen-bond acceptors (Lipinski definition) is 3. The Morgan fingerprint density at radius 1 is 1.47 bits per heavy atom. The molecule has 1 atom stereocenters. The number of hydrogen-bond donors (Lipinski definition) is 0. The van der Waals surface area contributed by atoms with Gasteiger partial charge < -0.3 is 0 Å². The van der Waals surface area contributed by atoms with E-state index >= 15 is 0 Å². The lowest BCUT2D eigenvalue weighted by atomic mass is 10.2. The normalized spacial score (nSPS) is 21.2. The van der Waals surface area contributed by atoms with Crippen molar-refractivity contribution in [2.45, 2.75) is 19.1 Å². The second-order valence-corrected chi connectivity index (χ2v) is 5.51. The minimum Gasteiger partial charge on any atom is -0.273 e. The van der Waals surface area contributed by atoms with Crippen LogP contribution in [0.3, 0.4) is 0 Å². The summed E-state index contributed by atoms with van der Waals surface area (Å²) in [5.41, 5.74) is 2.01. The number of benzene rings is 1. The van der Waals surface area contributed by atoms with E-state index in [0.717, 1.165) is 11.3 Å². The van der Waals surface area contributed by atoms with E-state index in [-0.39, 0.29) is 11.2 Å². The summed E-state index contributed by atoms with van der Waals surface area (Å²) in [6.45, 7) is 3.89. The van der Waals surface area contributed by atoms with Crippen LogP contribution in [0.15, 0.2) is 24.3 Å². The molecule has 0 aliphatic carbocycles. The Kier molecular flexibility index (Phi) is 2.80. The third-order valence-corrected chi connectivity index (χ3v) is 3.70. The van der Waals surface area contributed by atoms with Gasteiger partial charge in [0.05, 0.1) is 10.9 Å². The zero-order chi connectivity index (χ0) is 11.0. The highest BCUT2D eigenvalue weighted by molar-refractivity contribution is 8.25. The molecular formula is C11H11NOS2. The van der Waals surface area contributed by atoms with E-state index in [2.05, 4.69) is 0 Å². The molecule has 2 nitrogen and oxygen atoms in total. The molecule has 1 aromatic carbocycles. The van der Waals surface area contributed by atoms with Crippen molar-refractivity contribution < 1.29 is 4.79 Å². The lowest BCUT2D eigenvalue weighted by Crippen LogP contribution is -2.30. The first kappa shape index (κ1) is 10.6. The number of rotatable bonds is 1. The first-order valence-electron chi connectivity index (χ1n) is 4.71. The number of thioether (sulfide) groups is 1. The molecule has 0 saturated carbocycles. The van der Waals surface area contributed by atoms with E-state index in [0.29, 0.717) is 4.32 Å². The van der Waals surface area contributed by atoms with E-state index in [1.165, 1.54) is 11.8 Å². The van der Waals surface area contributed by atoms with Gasteiger partial charge in [-0.05, 0) is 31.5 Å². The van der Waals surface area contributed by atoms with Gasteiger partial charge in [0.15, 0.2) is 0 Å². The SMILES string of the molecule is Cc1cccc(N2C(=O)[C@H](C)SC2=S)c1. The van der Waals surface area contributed by atoms with Gasteiger partial charge in [-0.2, -0.15) is 0 Å². The molecule has 4 heteroatoms. The zero-order valence-electron chi connectivity index (χ0n) is 8.56. The molecule has 0 N–H and O–H groups in total. The van der Waals surface area contributed by atoms with Crippen molar-refractivity contribution in [3.05, 3.63) is 29.8 Å². The summed E-state index contributed by atoms with van der Waals surface area (Å²) in [7, 11) is 0. The fourth-order valence-corrected chi connectivity index (χ4v) is 2.96. The summed E-state index contributed by atoms with van der Waals surface area (Å²) >= 11 is 6.63. The summed E-state index contributed by atoms with van der Waals surface area (Å²) in [6, 6.07) is 7.83. The number of carbonyl (C=O) groups is 1. The molecule has 0 unspecified atom stereocenters. The Labute approximate surface area is 98.7 Å². The van der Waals surface area contributed by atoms with Gasteiger partial charge in [-0.1, -0.05) is 36.1 Å². The second-order valence-electron chi connectivity index (χ2n) is 3.54. The number of amides is 1. The van der Waals surface area contributed by atoms with Crippen LogP contribution in [0.1, 0.15) is 12.5 Å². The number of thiocarbonyl (C=S) groups is 1. The minimum atomic E-state index is -0.0574. The smallest absolute Gasteiger partial charge is 0.245 e. The van der Waals surface area contributed by atoms with E-state index in [1.807, 2.05) is 38.1 Å². The van der Waals surface area contributed by atoms with Gasteiger partial charge in [-0.15, -0.1) is 0 Å². The molecule has 0 radical (unpaired) electrons. The average Bonchev–Trinajstić information content (AvgIpc) is 2.41. The summed E-state index contributed by atoms with van der Waals surface area (Å²) in [5, 5.41) is -0.0574. The number of anilines is 1. The molecule has 1 aliphatic heterocycles. The van der Waals surface area contributed by atoms with Crippen LogP contribution in [0.5, 0.6) is 0 Å². The number of carbonyl (C=O) groups excluding carboxylic acids is 1. The van der Waals surface area contributed by atoms with Crippen molar-refractivity contribution in [2.24, 2.45) is 0 Å². The van der Waals surface area contributed by atoms with Crippen LogP contribution in [0.4, 0.5) is 5.69 Å². The summed E-state index contributed by atoms with van der Waals surface area (Å²) in [5.74, 6) is 0.0793. The van der Waals surface area contributed by atoms with Crippen molar-refractivity contribution in [3.63, 3.8) is 0 Å². The second kappa shape index (κ2) is 3.94. The minimum absolute atomic E-state index is 0.0574. The largest absolute Gasteiger partial charge is 0.273 e. The van der Waals surface area contributed by atoms with Gasteiger partial charge in [-0.25, -0.2) is 0 Å². The first-order chi connectivity index (χ1) is 7.09. The van der Waals surface area contributed by atoms with Crippen LogP contribution in [0.2, 0.25) is 0 Å². The van der Waals surface area contributed by atoms with Gasteiger partial charge in [-0.3, -0.25) is 9.69 Å². The molecule has 0 bridgehead atoms. The maximum atomic E-state index is 11.8. The topological polar surface area (TPSA) is 20.3 Å². The standard InChI is InChI=1S/C11H11NOS2/c1-7-4-3-5-9(6-7)12-10(13)8(2)15-11(12)14/h3-6,8H,1-2H3/t8-/m0/s1. The zero-order valence-corrected chi connectivity index (χ0v) is 10.2. The van der Waals surface area contributed by atoms with Gasteiger partial charge >= 0.3 is 0 Å². The molecule has 1 aromatic rings. The number of nitrogens with zero attached hydrogens (tertiary/aromatic N) is 1. The van der Waals surface area contributed by atoms with E-state index in [1.54, 1.807) is 4.90 Å². The molecule has 1 heterocycles. The Hall–Kier alpha value is -0.870. The van der Waals surface area contributed by atoms with E-state index in [9.17, 15) is 4.79 Å². The molecule has 0 aromatic heterocycles. The Morgan fingerprint density at radius 3 is 2.73 bits per heavy atom. The van der Waals surface area contributed by atoms with Crippen molar-refractivity contribution in [3.8, 4) is 0 Å². The van der Waals surface area contributed by atoms with E-state index in [4.69, 9.17) is 12.2 Å². The predicted octanol–water partition coefficient (Wildman–Crippen LogP) is 2.75. The fraction of sp³-hybridized carbons (Fsp3) is 0.273. The lowest BCUT2D eigenvalue weighted by molar-refractivity contribution is -0.116. The summed E-state index contributed by atoms with van der Waals surface area (Å²) in [6.07, 6.45) is 0. The van der Waals surface area contributed by atoms with Crippen LogP contribution >= 0.6 is 24.0 Å². The van der Waals surface area contributed by atoms with Gasteiger partial charge in [0.1, 0.15) is 4.32 Å². The third-order valence-electron chi connectivity index (χ3n) is 2.29. The monoisotopic (exact) mass is 237 g/mol. The molecule has 2 rings (SSSR count). The highest BCUT2D eigenvalue weighted by Crippen LogP contribution is 2.31. The molecule has 1 aliphatic rings. The average molecular weight is 237 g/mol. The summed E-state index contributed by atoms with van der Waals surface area (Å²) in [4.78, 5) is 13.5. The molecule has 1 amide bonds. The van der Waals surface area contributed by atoms with Gasteiger partial charge in [0.25, 0.3) is 0 Å². The Morgan fingerprint density at radius 2 is 2.20 bits per heavy atom. The summed E-state index contributed by atoms with van der Waals surface area (Å²) < 4.78 is 0.651. The molecular weight excluding hydrogens is 226 g/mol. The predicted molar refractivity (Wildman–Crippen MR) is 68.3 cm³/mol. The molecule has 78 valence electrons. The molecule has 1 fully saturated rings. The van der Waals surface area contributed by atoms with Crippen LogP contribution in [0, 0.1) is 6.92 Å². The Balaban J connectivity index is 2.39. The fourth-order valence-electron chi connectivity index (χ4n) is 1.53. The van der Waals surface area contributed by atoms with E-state index < -0.39 is 0 Å². The maximum absolute atomic E-state index is 11.8. The van der Waals surface area contributed by atoms with Crippen LogP contribution in [0.25, 0.3) is 0 Å². The lowest BCUT2D eigenvalue weighted by Gasteiger charge is -2.15. The highest BCUT2D eigenvalue weighted by atomic mass is 32.2. The molecule has 0 spiro atoms. The maximum Gasteiger partial charge on any atom is 0.245 e. The first-order valence-corrected chi connectivity index (χ1v) is 5.99. The van der Waals surface area contributed by atoms with Crippen LogP contribution in [-0.2, 0) is 4.79 Å². The van der Waals surface area contributed by atoms with Gasteiger partial charge in [0, 0.05) is 0 Å². The third kappa shape index (κ3) is 1.92. The quantitative estimate of drug-likeness (QED) is 0.700. The van der Waals surface area contributed by atoms with Gasteiger partial charge in [0.2, 0.25) is 5.91 Å². The van der Waals surface area contributed by atoms with Crippen LogP contribution < -0.4 is 4.90 Å². The van der Waals surface area contributed by atoms with Crippen molar-refractivity contribution in [2.75, 3.05) is 4.90 Å². The van der Waals surface area contributed by atoms with Crippen molar-refractivity contribution in [1.29, 1.82) is 0 Å². The van der Waals surface area contributed by atoms with Crippen molar-refractivity contribution in [1.82, 2.24) is 0 Å². The highest BCUT2D eigenvalue weighted by Gasteiger charge is 2.34. The van der Waals surface area contributed by atoms with Crippen molar-refractivity contribution >= 4 is 39.9 Å². The molecule has 15 heavy (non-hydrogen) atoms. The van der Waals surface area contributed by atoms with Crippen LogP contribution in [-0.4, -0.2) is 15.5 Å². The Bertz CT molecular complexity index is 430. The molecule has 1 saturated heterocycles.